The maximum atomic E-state index is 11.7. The number of methoxy groups -OCH3 is 1. The molecule has 0 heterocycles. The quantitative estimate of drug-likeness (QED) is 0.783. The van der Waals surface area contributed by atoms with Gasteiger partial charge >= 0.3 is 6.09 Å². The number of hydrogen-bond acceptors (Lipinski definition) is 3. The lowest BCUT2D eigenvalue weighted by Crippen LogP contribution is -2.23. The fraction of sp³-hybridized carbons (Fsp3) is 0.188. The minimum Gasteiger partial charge on any atom is -0.496 e. The zero-order chi connectivity index (χ0) is 15.1. The van der Waals surface area contributed by atoms with E-state index in [9.17, 15) is 4.79 Å². The zero-order valence-electron chi connectivity index (χ0n) is 11.6. The number of benzene rings is 2. The molecule has 2 aromatic rings. The Bertz CT molecular complexity index is 602. The van der Waals surface area contributed by atoms with E-state index in [-0.39, 0.29) is 6.61 Å². The Hall–Kier alpha value is -1.76. The van der Waals surface area contributed by atoms with E-state index >= 15 is 0 Å². The number of ether oxygens (including phenoxy) is 2. The molecule has 0 aliphatic rings. The Labute approximate surface area is 137 Å². The van der Waals surface area contributed by atoms with Gasteiger partial charge in [-0.25, -0.2) is 4.79 Å². The number of alkyl carbamates (subject to hydrolysis) is 1. The maximum Gasteiger partial charge on any atom is 0.407 e. The first-order valence-corrected chi connectivity index (χ1v) is 7.54. The van der Waals surface area contributed by atoms with Crippen LogP contribution in [0.3, 0.4) is 0 Å². The lowest BCUT2D eigenvalue weighted by atomic mass is 10.2. The summed E-state index contributed by atoms with van der Waals surface area (Å²) in [6, 6.07) is 15.4. The largest absolute Gasteiger partial charge is 0.496 e. The number of hydrogen-bond donors (Lipinski definition) is 1. The second-order valence-corrected chi connectivity index (χ2v) is 5.62. The molecular weight excluding hydrogens is 381 g/mol. The second-order valence-electron chi connectivity index (χ2n) is 4.37. The normalized spacial score (nSPS) is 10.0. The first-order valence-electron chi connectivity index (χ1n) is 6.46. The van der Waals surface area contributed by atoms with Gasteiger partial charge in [0.05, 0.1) is 7.11 Å². The fourth-order valence-electron chi connectivity index (χ4n) is 1.81. The highest BCUT2D eigenvalue weighted by Crippen LogP contribution is 2.21. The highest BCUT2D eigenvalue weighted by atomic mass is 127. The molecule has 2 rings (SSSR count). The summed E-state index contributed by atoms with van der Waals surface area (Å²) in [6.45, 7) is 0.629. The Balaban J connectivity index is 1.84. The number of carbonyl (C=O) groups is 1. The van der Waals surface area contributed by atoms with Crippen molar-refractivity contribution in [3.05, 3.63) is 63.2 Å². The van der Waals surface area contributed by atoms with Gasteiger partial charge in [-0.2, -0.15) is 0 Å². The van der Waals surface area contributed by atoms with E-state index < -0.39 is 6.09 Å². The van der Waals surface area contributed by atoms with Gasteiger partial charge < -0.3 is 14.8 Å². The van der Waals surface area contributed by atoms with E-state index in [0.29, 0.717) is 6.54 Å². The van der Waals surface area contributed by atoms with Crippen LogP contribution in [0.25, 0.3) is 0 Å². The van der Waals surface area contributed by atoms with E-state index in [1.165, 1.54) is 0 Å². The first kappa shape index (κ1) is 15.6. The van der Waals surface area contributed by atoms with Crippen LogP contribution >= 0.6 is 22.6 Å². The molecule has 21 heavy (non-hydrogen) atoms. The van der Waals surface area contributed by atoms with Crippen molar-refractivity contribution in [3.63, 3.8) is 0 Å². The molecule has 4 nitrogen and oxygen atoms in total. The molecule has 110 valence electrons. The monoisotopic (exact) mass is 397 g/mol. The fourth-order valence-corrected chi connectivity index (χ4v) is 2.27. The van der Waals surface area contributed by atoms with Crippen molar-refractivity contribution in [1.82, 2.24) is 5.32 Å². The van der Waals surface area contributed by atoms with Crippen LogP contribution in [0.5, 0.6) is 5.75 Å². The first-order chi connectivity index (χ1) is 10.2. The van der Waals surface area contributed by atoms with Crippen LogP contribution in [0.1, 0.15) is 11.1 Å². The smallest absolute Gasteiger partial charge is 0.407 e. The lowest BCUT2D eigenvalue weighted by molar-refractivity contribution is 0.139. The molecule has 0 atom stereocenters. The zero-order valence-corrected chi connectivity index (χ0v) is 13.8. The van der Waals surface area contributed by atoms with E-state index in [0.717, 1.165) is 20.4 Å². The van der Waals surface area contributed by atoms with Crippen molar-refractivity contribution >= 4 is 28.7 Å². The van der Waals surface area contributed by atoms with Gasteiger partial charge in [-0.05, 0) is 40.3 Å². The minimum absolute atomic E-state index is 0.260. The molecule has 0 radical (unpaired) electrons. The van der Waals surface area contributed by atoms with E-state index in [4.69, 9.17) is 9.47 Å². The van der Waals surface area contributed by atoms with Crippen molar-refractivity contribution in [2.45, 2.75) is 13.2 Å². The molecule has 0 saturated carbocycles. The Kier molecular flexibility index (Phi) is 5.86. The molecule has 0 bridgehead atoms. The second kappa shape index (κ2) is 7.87. The van der Waals surface area contributed by atoms with Crippen LogP contribution in [-0.2, 0) is 17.9 Å². The third-order valence-electron chi connectivity index (χ3n) is 2.89. The lowest BCUT2D eigenvalue weighted by Gasteiger charge is -2.10. The average molecular weight is 397 g/mol. The van der Waals surface area contributed by atoms with Crippen LogP contribution < -0.4 is 10.1 Å². The topological polar surface area (TPSA) is 47.6 Å². The van der Waals surface area contributed by atoms with Gasteiger partial charge in [-0.3, -0.25) is 0 Å². The number of rotatable bonds is 5. The van der Waals surface area contributed by atoms with Crippen LogP contribution in [0, 0.1) is 3.57 Å². The summed E-state index contributed by atoms with van der Waals surface area (Å²) in [4.78, 5) is 11.7. The Morgan fingerprint density at radius 2 is 1.95 bits per heavy atom. The molecule has 0 fully saturated rings. The van der Waals surface area contributed by atoms with Gasteiger partial charge in [0.15, 0.2) is 0 Å². The molecule has 5 heteroatoms. The van der Waals surface area contributed by atoms with Crippen molar-refractivity contribution in [2.75, 3.05) is 7.11 Å². The third kappa shape index (κ3) is 4.93. The molecule has 0 spiro atoms. The predicted octanol–water partition coefficient (Wildman–Crippen LogP) is 3.73. The van der Waals surface area contributed by atoms with Gasteiger partial charge in [0, 0.05) is 15.7 Å². The van der Waals surface area contributed by atoms with E-state index in [2.05, 4.69) is 27.9 Å². The standard InChI is InChI=1S/C16H16INO3/c1-20-15-9-14(17)8-7-13(15)10-18-16(19)21-11-12-5-3-2-4-6-12/h2-9H,10-11H2,1H3,(H,18,19). The number of nitrogens with one attached hydrogen (secondary N) is 1. The summed E-state index contributed by atoms with van der Waals surface area (Å²) in [5, 5.41) is 2.72. The van der Waals surface area contributed by atoms with Gasteiger partial charge in [-0.15, -0.1) is 0 Å². The summed E-state index contributed by atoms with van der Waals surface area (Å²) >= 11 is 2.22. The van der Waals surface area contributed by atoms with Gasteiger partial charge in [0.1, 0.15) is 12.4 Å². The Morgan fingerprint density at radius 1 is 1.19 bits per heavy atom. The summed E-state index contributed by atoms with van der Waals surface area (Å²) in [5.41, 5.74) is 1.87. The van der Waals surface area contributed by atoms with Crippen LogP contribution in [0.15, 0.2) is 48.5 Å². The Morgan fingerprint density at radius 3 is 2.67 bits per heavy atom. The molecule has 0 unspecified atom stereocenters. The summed E-state index contributed by atoms with van der Waals surface area (Å²) in [5.74, 6) is 0.755. The van der Waals surface area contributed by atoms with Gasteiger partial charge in [-0.1, -0.05) is 36.4 Å². The van der Waals surface area contributed by atoms with Gasteiger partial charge in [0.25, 0.3) is 0 Å². The van der Waals surface area contributed by atoms with Crippen molar-refractivity contribution in [1.29, 1.82) is 0 Å². The minimum atomic E-state index is -0.445. The predicted molar refractivity (Wildman–Crippen MR) is 89.2 cm³/mol. The molecule has 2 aromatic carbocycles. The maximum absolute atomic E-state index is 11.7. The van der Waals surface area contributed by atoms with Crippen molar-refractivity contribution < 1.29 is 14.3 Å². The highest BCUT2D eigenvalue weighted by molar-refractivity contribution is 14.1. The molecule has 0 saturated heterocycles. The van der Waals surface area contributed by atoms with Gasteiger partial charge in [0.2, 0.25) is 0 Å². The number of carbonyl (C=O) groups excluding carboxylic acids is 1. The van der Waals surface area contributed by atoms with E-state index in [1.807, 2.05) is 48.5 Å². The average Bonchev–Trinajstić information content (AvgIpc) is 2.52. The van der Waals surface area contributed by atoms with E-state index in [1.54, 1.807) is 7.11 Å². The molecule has 0 aliphatic carbocycles. The van der Waals surface area contributed by atoms with Crippen LogP contribution in [0.2, 0.25) is 0 Å². The number of halogens is 1. The van der Waals surface area contributed by atoms with Crippen LogP contribution in [0.4, 0.5) is 4.79 Å². The summed E-state index contributed by atoms with van der Waals surface area (Å²) in [7, 11) is 1.61. The molecule has 0 aromatic heterocycles. The highest BCUT2D eigenvalue weighted by Gasteiger charge is 2.07. The summed E-state index contributed by atoms with van der Waals surface area (Å²) in [6.07, 6.45) is -0.445. The molecule has 1 N–H and O–H groups in total. The molecular formula is C16H16INO3. The van der Waals surface area contributed by atoms with Crippen molar-refractivity contribution in [2.24, 2.45) is 0 Å². The molecule has 0 aliphatic heterocycles. The summed E-state index contributed by atoms with van der Waals surface area (Å²) < 4.78 is 11.5. The third-order valence-corrected chi connectivity index (χ3v) is 3.56. The molecule has 1 amide bonds. The SMILES string of the molecule is COc1cc(I)ccc1CNC(=O)OCc1ccccc1. The number of amides is 1. The van der Waals surface area contributed by atoms with Crippen molar-refractivity contribution in [3.8, 4) is 5.75 Å². The van der Waals surface area contributed by atoms with Crippen LogP contribution in [-0.4, -0.2) is 13.2 Å².